The molecule has 1 unspecified atom stereocenters. The van der Waals surface area contributed by atoms with E-state index in [1.165, 1.54) is 29.2 Å². The smallest absolute Gasteiger partial charge is 0.487 e. The van der Waals surface area contributed by atoms with Crippen LogP contribution in [0.1, 0.15) is 12.0 Å². The Morgan fingerprint density at radius 3 is 2.40 bits per heavy atom. The number of benzene rings is 3. The molecule has 4 rings (SSSR count). The first-order valence-corrected chi connectivity index (χ1v) is 14.4. The highest BCUT2D eigenvalue weighted by atomic mass is 35.5. The number of anilines is 1. The Morgan fingerprint density at radius 2 is 1.76 bits per heavy atom. The number of amidine groups is 1. The molecule has 0 bridgehead atoms. The molecule has 0 aromatic heterocycles. The minimum absolute atomic E-state index is 0.0947. The highest BCUT2D eigenvalue weighted by Gasteiger charge is 2.36. The molecule has 42 heavy (non-hydrogen) atoms. The van der Waals surface area contributed by atoms with Crippen molar-refractivity contribution in [3.8, 4) is 17.2 Å². The zero-order valence-electron chi connectivity index (χ0n) is 22.2. The second-order valence-corrected chi connectivity index (χ2v) is 11.3. The minimum atomic E-state index is -3.86. The molecule has 1 heterocycles. The highest BCUT2D eigenvalue weighted by molar-refractivity contribution is 8.15. The van der Waals surface area contributed by atoms with Gasteiger partial charge in [-0.25, -0.2) is 4.99 Å². The van der Waals surface area contributed by atoms with Crippen molar-refractivity contribution in [1.82, 2.24) is 4.90 Å². The number of hydrogen-bond donors (Lipinski definition) is 1. The van der Waals surface area contributed by atoms with Gasteiger partial charge in [-0.15, -0.1) is 8.78 Å². The van der Waals surface area contributed by atoms with Crippen LogP contribution in [-0.4, -0.2) is 53.5 Å². The van der Waals surface area contributed by atoms with Gasteiger partial charge in [-0.05, 0) is 66.6 Å². The molecule has 3 aromatic rings. The van der Waals surface area contributed by atoms with Crippen molar-refractivity contribution in [3.63, 3.8) is 0 Å². The molecule has 1 fully saturated rings. The van der Waals surface area contributed by atoms with Gasteiger partial charge in [-0.2, -0.15) is 0 Å². The Hall–Kier alpha value is -3.25. The molecule has 14 heteroatoms. The van der Waals surface area contributed by atoms with Crippen LogP contribution in [0.25, 0.3) is 0 Å². The average molecular weight is 659 g/mol. The van der Waals surface area contributed by atoms with Crippen LogP contribution >= 0.6 is 46.6 Å². The summed E-state index contributed by atoms with van der Waals surface area (Å²) < 4.78 is 40.7. The fourth-order valence-electron chi connectivity index (χ4n) is 3.97. The number of thioether (sulfide) groups is 1. The van der Waals surface area contributed by atoms with E-state index < -0.39 is 16.7 Å². The number of ether oxygens (including phenoxy) is 3. The standard InChI is InChI=1S/C28H24Cl3F2N3O5S/c1-39-22-10-3-16(13-23(22)40-2)11-12-36-25(37)15-24(42-27(36)35-18-6-9-20(29)21(30)14-18)26(38)34-17-4-7-19(8-5-17)41-28(31,32)33/h3-10,13-14,24H,11-12,15H2,1-2H3,(H,34,38). The molecular formula is C28H24Cl3F2N3O5S. The monoisotopic (exact) mass is 657 g/mol. The second-order valence-electron chi connectivity index (χ2n) is 8.85. The van der Waals surface area contributed by atoms with Crippen LogP contribution in [0.3, 0.4) is 0 Å². The summed E-state index contributed by atoms with van der Waals surface area (Å²) in [5, 5.41) is 2.81. The van der Waals surface area contributed by atoms with E-state index in [9.17, 15) is 18.4 Å². The fraction of sp³-hybridized carbons (Fsp3) is 0.250. The number of aliphatic imine (C=N–C) groups is 1. The molecule has 0 saturated carbocycles. The number of nitrogens with zero attached hydrogens (tertiary/aromatic N) is 2. The number of rotatable bonds is 10. The molecule has 1 aliphatic heterocycles. The van der Waals surface area contributed by atoms with Crippen molar-refractivity contribution in [2.75, 3.05) is 26.1 Å². The number of nitrogens with one attached hydrogen (secondary N) is 1. The lowest BCUT2D eigenvalue weighted by molar-refractivity contribution is -0.129. The first-order valence-electron chi connectivity index (χ1n) is 12.3. The lowest BCUT2D eigenvalue weighted by Gasteiger charge is -2.32. The fourth-order valence-corrected chi connectivity index (χ4v) is 5.47. The van der Waals surface area contributed by atoms with Crippen molar-refractivity contribution in [3.05, 3.63) is 76.3 Å². The maximum Gasteiger partial charge on any atom is 0.487 e. The molecule has 3 aromatic carbocycles. The predicted molar refractivity (Wildman–Crippen MR) is 161 cm³/mol. The molecule has 2 amide bonds. The van der Waals surface area contributed by atoms with E-state index in [0.717, 1.165) is 17.3 Å². The Balaban J connectivity index is 1.53. The maximum absolute atomic E-state index is 13.4. The number of carbonyl (C=O) groups excluding carboxylic acids is 2. The van der Waals surface area contributed by atoms with Crippen LogP contribution in [0.4, 0.5) is 20.2 Å². The van der Waals surface area contributed by atoms with Crippen LogP contribution in [0.5, 0.6) is 17.2 Å². The summed E-state index contributed by atoms with van der Waals surface area (Å²) in [6.07, 6.45) is 0.377. The van der Waals surface area contributed by atoms with Crippen molar-refractivity contribution in [1.29, 1.82) is 0 Å². The van der Waals surface area contributed by atoms with E-state index >= 15 is 0 Å². The molecule has 1 N–H and O–H groups in total. The zero-order chi connectivity index (χ0) is 30.4. The molecule has 0 radical (unpaired) electrons. The van der Waals surface area contributed by atoms with Crippen LogP contribution in [0.15, 0.2) is 65.7 Å². The molecule has 1 atom stereocenters. The van der Waals surface area contributed by atoms with Gasteiger partial charge < -0.3 is 19.5 Å². The molecule has 1 saturated heterocycles. The highest BCUT2D eigenvalue weighted by Crippen LogP contribution is 2.34. The molecular weight excluding hydrogens is 635 g/mol. The summed E-state index contributed by atoms with van der Waals surface area (Å²) in [7, 11) is 3.09. The maximum atomic E-state index is 13.4. The van der Waals surface area contributed by atoms with Crippen molar-refractivity contribution < 1.29 is 32.6 Å². The van der Waals surface area contributed by atoms with Crippen LogP contribution < -0.4 is 19.5 Å². The van der Waals surface area contributed by atoms with Gasteiger partial charge in [0.25, 0.3) is 0 Å². The summed E-state index contributed by atoms with van der Waals surface area (Å²) >= 11 is 18.1. The van der Waals surface area contributed by atoms with Crippen LogP contribution in [-0.2, 0) is 16.0 Å². The van der Waals surface area contributed by atoms with E-state index in [4.69, 9.17) is 44.3 Å². The molecule has 8 nitrogen and oxygen atoms in total. The first-order chi connectivity index (χ1) is 20.0. The minimum Gasteiger partial charge on any atom is -0.493 e. The quantitative estimate of drug-likeness (QED) is 0.229. The third-order valence-electron chi connectivity index (χ3n) is 5.99. The van der Waals surface area contributed by atoms with Crippen LogP contribution in [0, 0.1) is 0 Å². The van der Waals surface area contributed by atoms with Gasteiger partial charge in [0.15, 0.2) is 16.7 Å². The van der Waals surface area contributed by atoms with E-state index in [1.54, 1.807) is 38.5 Å². The second kappa shape index (κ2) is 13.8. The van der Waals surface area contributed by atoms with Gasteiger partial charge in [-0.1, -0.05) is 41.0 Å². The van der Waals surface area contributed by atoms with Crippen molar-refractivity contribution in [2.45, 2.75) is 23.7 Å². The number of methoxy groups -OCH3 is 2. The predicted octanol–water partition coefficient (Wildman–Crippen LogP) is 7.38. The molecule has 0 spiro atoms. The third-order valence-corrected chi connectivity index (χ3v) is 7.99. The number of alkyl halides is 3. The van der Waals surface area contributed by atoms with E-state index in [1.807, 2.05) is 12.1 Å². The van der Waals surface area contributed by atoms with E-state index in [2.05, 4.69) is 15.0 Å². The zero-order valence-corrected chi connectivity index (χ0v) is 25.3. The summed E-state index contributed by atoms with van der Waals surface area (Å²) in [6, 6.07) is 15.5. The molecule has 1 aliphatic rings. The number of carbonyl (C=O) groups is 2. The summed E-state index contributed by atoms with van der Waals surface area (Å²) in [4.78, 5) is 32.7. The number of halogens is 5. The Bertz CT molecular complexity index is 1490. The van der Waals surface area contributed by atoms with Gasteiger partial charge >= 0.3 is 5.57 Å². The lowest BCUT2D eigenvalue weighted by atomic mass is 10.1. The molecule has 0 aliphatic carbocycles. The van der Waals surface area contributed by atoms with E-state index in [-0.39, 0.29) is 29.6 Å². The lowest BCUT2D eigenvalue weighted by Crippen LogP contribution is -2.46. The normalized spacial score (nSPS) is 16.4. The first kappa shape index (κ1) is 31.7. The van der Waals surface area contributed by atoms with E-state index in [0.29, 0.717) is 39.5 Å². The Labute approximate surface area is 259 Å². The Morgan fingerprint density at radius 1 is 1.05 bits per heavy atom. The summed E-state index contributed by atoms with van der Waals surface area (Å²) in [6.45, 7) is 0.280. The SMILES string of the molecule is COc1ccc(CCN2C(=O)CC(C(=O)Nc3ccc(OC(F)(F)Cl)cc3)SC2=Nc2ccc(Cl)c(Cl)c2)cc1OC. The summed E-state index contributed by atoms with van der Waals surface area (Å²) in [5.74, 6) is 0.191. The summed E-state index contributed by atoms with van der Waals surface area (Å²) in [5.41, 5.74) is -2.20. The van der Waals surface area contributed by atoms with Crippen molar-refractivity contribution in [2.24, 2.45) is 4.99 Å². The van der Waals surface area contributed by atoms with Gasteiger partial charge in [0.2, 0.25) is 11.8 Å². The largest absolute Gasteiger partial charge is 0.493 e. The Kier molecular flexibility index (Phi) is 10.4. The third kappa shape index (κ3) is 8.41. The van der Waals surface area contributed by atoms with Crippen molar-refractivity contribution >= 4 is 74.9 Å². The number of amides is 2. The van der Waals surface area contributed by atoms with Gasteiger partial charge in [0.1, 0.15) is 11.0 Å². The van der Waals surface area contributed by atoms with Gasteiger partial charge in [0.05, 0.1) is 30.0 Å². The van der Waals surface area contributed by atoms with Crippen LogP contribution in [0.2, 0.25) is 10.0 Å². The number of hydrogen-bond acceptors (Lipinski definition) is 7. The molecule has 222 valence electrons. The topological polar surface area (TPSA) is 89.5 Å². The van der Waals surface area contributed by atoms with Gasteiger partial charge in [-0.3, -0.25) is 14.5 Å². The van der Waals surface area contributed by atoms with Gasteiger partial charge in [0, 0.05) is 30.3 Å². The average Bonchev–Trinajstić information content (AvgIpc) is 2.94.